The van der Waals surface area contributed by atoms with Crippen LogP contribution in [0.4, 0.5) is 0 Å². The molecule has 0 saturated heterocycles. The topological polar surface area (TPSA) is 61.5 Å². The van der Waals surface area contributed by atoms with Crippen LogP contribution < -0.4 is 5.73 Å². The van der Waals surface area contributed by atoms with Gasteiger partial charge in [0, 0.05) is 0 Å². The molecule has 0 fully saturated rings. The van der Waals surface area contributed by atoms with Gasteiger partial charge in [0.1, 0.15) is 18.2 Å². The van der Waals surface area contributed by atoms with Crippen molar-refractivity contribution in [1.82, 2.24) is 0 Å². The van der Waals surface area contributed by atoms with E-state index in [0.29, 0.717) is 0 Å². The second-order valence-electron chi connectivity index (χ2n) is 4.28. The molecule has 4 heteroatoms. The van der Waals surface area contributed by atoms with Crippen LogP contribution in [0.1, 0.15) is 27.7 Å². The number of carbonyl (C=O) groups excluding carboxylic acids is 1. The molecule has 0 heterocycles. The van der Waals surface area contributed by atoms with E-state index in [9.17, 15) is 4.79 Å². The smallest absolute Gasteiger partial charge is 0.326 e. The Hall–Kier alpha value is -1.05. The van der Waals surface area contributed by atoms with Gasteiger partial charge in [0.15, 0.2) is 0 Å². The molecule has 0 spiro atoms. The van der Waals surface area contributed by atoms with Crippen LogP contribution in [0.25, 0.3) is 0 Å². The zero-order valence-corrected chi connectivity index (χ0v) is 9.74. The number of hydrogen-bond acceptors (Lipinski definition) is 4. The molecule has 2 N–H and O–H groups in total. The van der Waals surface area contributed by atoms with Gasteiger partial charge in [-0.15, -0.1) is 6.42 Å². The summed E-state index contributed by atoms with van der Waals surface area (Å²) in [6.45, 7) is 7.17. The molecule has 0 aromatic rings. The largest absolute Gasteiger partial charge is 0.459 e. The molecular formula is C11H19NO3. The Labute approximate surface area is 91.1 Å². The highest BCUT2D eigenvalue weighted by Gasteiger charge is 2.26. The van der Waals surface area contributed by atoms with Crippen LogP contribution in [0.3, 0.4) is 0 Å². The zero-order valence-electron chi connectivity index (χ0n) is 9.74. The minimum absolute atomic E-state index is 0.137. The fourth-order valence-corrected chi connectivity index (χ4v) is 0.845. The van der Waals surface area contributed by atoms with Crippen LogP contribution in [-0.4, -0.2) is 30.3 Å². The van der Waals surface area contributed by atoms with Crippen LogP contribution in [0.5, 0.6) is 0 Å². The van der Waals surface area contributed by atoms with E-state index in [0.717, 1.165) is 0 Å². The maximum atomic E-state index is 11.5. The highest BCUT2D eigenvalue weighted by atomic mass is 16.6. The van der Waals surface area contributed by atoms with E-state index >= 15 is 0 Å². The summed E-state index contributed by atoms with van der Waals surface area (Å²) in [6, 6.07) is -0.808. The number of carbonyl (C=O) groups is 1. The molecule has 0 bridgehead atoms. The third kappa shape index (κ3) is 6.10. The lowest BCUT2D eigenvalue weighted by atomic mass is 10.1. The van der Waals surface area contributed by atoms with Gasteiger partial charge in [0.2, 0.25) is 0 Å². The van der Waals surface area contributed by atoms with Gasteiger partial charge in [-0.1, -0.05) is 5.92 Å². The Bertz CT molecular complexity index is 250. The fourth-order valence-electron chi connectivity index (χ4n) is 0.845. The molecule has 0 aliphatic rings. The maximum Gasteiger partial charge on any atom is 0.326 e. The van der Waals surface area contributed by atoms with E-state index in [-0.39, 0.29) is 6.61 Å². The van der Waals surface area contributed by atoms with Gasteiger partial charge in [-0.25, -0.2) is 0 Å². The van der Waals surface area contributed by atoms with Crippen LogP contribution >= 0.6 is 0 Å². The molecule has 0 aliphatic heterocycles. The van der Waals surface area contributed by atoms with Crippen molar-refractivity contribution in [1.29, 1.82) is 0 Å². The Balaban J connectivity index is 4.15. The monoisotopic (exact) mass is 213 g/mol. The highest BCUT2D eigenvalue weighted by molar-refractivity contribution is 5.76. The molecular weight excluding hydrogens is 194 g/mol. The molecule has 0 aromatic carbocycles. The van der Waals surface area contributed by atoms with Crippen molar-refractivity contribution in [3.8, 4) is 12.3 Å². The van der Waals surface area contributed by atoms with Gasteiger partial charge < -0.3 is 15.2 Å². The molecule has 0 saturated carbocycles. The van der Waals surface area contributed by atoms with Gasteiger partial charge in [0.25, 0.3) is 0 Å². The molecule has 0 rings (SSSR count). The standard InChI is InChI=1S/C11H19NO3/c1-6-7-14-8(2)9(12)10(13)15-11(3,4)5/h1,8-9H,7,12H2,2-5H3/t8-,9+/m1/s1. The molecule has 0 aromatic heterocycles. The third-order valence-electron chi connectivity index (χ3n) is 1.61. The summed E-state index contributed by atoms with van der Waals surface area (Å²) in [5.74, 6) is 1.83. The van der Waals surface area contributed by atoms with E-state index in [2.05, 4.69) is 5.92 Å². The van der Waals surface area contributed by atoms with Crippen molar-refractivity contribution in [2.24, 2.45) is 5.73 Å². The Morgan fingerprint density at radius 2 is 2.07 bits per heavy atom. The van der Waals surface area contributed by atoms with Crippen molar-refractivity contribution >= 4 is 5.97 Å². The van der Waals surface area contributed by atoms with Crippen LogP contribution in [0.2, 0.25) is 0 Å². The summed E-state index contributed by atoms with van der Waals surface area (Å²) >= 11 is 0. The second kappa shape index (κ2) is 5.74. The summed E-state index contributed by atoms with van der Waals surface area (Å²) < 4.78 is 10.2. The first-order valence-electron chi connectivity index (χ1n) is 4.81. The minimum atomic E-state index is -0.808. The fraction of sp³-hybridized carbons (Fsp3) is 0.727. The Kier molecular flexibility index (Phi) is 5.34. The zero-order chi connectivity index (χ0) is 12.1. The predicted octanol–water partition coefficient (Wildman–Crippen LogP) is 0.694. The number of hydrogen-bond donors (Lipinski definition) is 1. The normalized spacial score (nSPS) is 15.2. The summed E-state index contributed by atoms with van der Waals surface area (Å²) in [4.78, 5) is 11.5. The van der Waals surface area contributed by atoms with Crippen LogP contribution in [0, 0.1) is 12.3 Å². The average Bonchev–Trinajstić information content (AvgIpc) is 2.10. The first-order chi connectivity index (χ1) is 6.78. The molecule has 4 nitrogen and oxygen atoms in total. The Morgan fingerprint density at radius 3 is 2.47 bits per heavy atom. The van der Waals surface area contributed by atoms with Crippen LogP contribution in [0.15, 0.2) is 0 Å². The molecule has 0 amide bonds. The number of esters is 1. The second-order valence-corrected chi connectivity index (χ2v) is 4.28. The predicted molar refractivity (Wildman–Crippen MR) is 58.1 cm³/mol. The number of ether oxygens (including phenoxy) is 2. The van der Waals surface area contributed by atoms with Gasteiger partial charge in [-0.05, 0) is 27.7 Å². The molecule has 86 valence electrons. The van der Waals surface area contributed by atoms with E-state index < -0.39 is 23.7 Å². The molecule has 0 radical (unpaired) electrons. The van der Waals surface area contributed by atoms with Gasteiger partial charge in [-0.2, -0.15) is 0 Å². The van der Waals surface area contributed by atoms with E-state index in [1.807, 2.05) is 0 Å². The first kappa shape index (κ1) is 13.9. The summed E-state index contributed by atoms with van der Waals surface area (Å²) in [5.41, 5.74) is 5.10. The van der Waals surface area contributed by atoms with E-state index in [1.54, 1.807) is 27.7 Å². The Morgan fingerprint density at radius 1 is 1.53 bits per heavy atom. The quantitative estimate of drug-likeness (QED) is 0.551. The lowest BCUT2D eigenvalue weighted by molar-refractivity contribution is -0.159. The van der Waals surface area contributed by atoms with Gasteiger partial charge in [-0.3, -0.25) is 4.79 Å². The van der Waals surface area contributed by atoms with Crippen molar-refractivity contribution in [3.63, 3.8) is 0 Å². The average molecular weight is 213 g/mol. The summed E-state index contributed by atoms with van der Waals surface area (Å²) in [6.07, 6.45) is 4.57. The van der Waals surface area contributed by atoms with Gasteiger partial charge >= 0.3 is 5.97 Å². The SMILES string of the molecule is C#CCO[C@H](C)[C@H](N)C(=O)OC(C)(C)C. The van der Waals surface area contributed by atoms with Crippen molar-refractivity contribution in [2.45, 2.75) is 45.4 Å². The van der Waals surface area contributed by atoms with Crippen LogP contribution in [-0.2, 0) is 14.3 Å². The molecule has 0 aliphatic carbocycles. The van der Waals surface area contributed by atoms with Gasteiger partial charge in [0.05, 0.1) is 6.10 Å². The maximum absolute atomic E-state index is 11.5. The van der Waals surface area contributed by atoms with Crippen molar-refractivity contribution in [2.75, 3.05) is 6.61 Å². The molecule has 2 atom stereocenters. The summed E-state index contributed by atoms with van der Waals surface area (Å²) in [5, 5.41) is 0. The lowest BCUT2D eigenvalue weighted by Crippen LogP contribution is -2.45. The van der Waals surface area contributed by atoms with E-state index in [1.165, 1.54) is 0 Å². The van der Waals surface area contributed by atoms with Crippen molar-refractivity contribution < 1.29 is 14.3 Å². The number of nitrogens with two attached hydrogens (primary N) is 1. The lowest BCUT2D eigenvalue weighted by Gasteiger charge is -2.24. The number of rotatable bonds is 4. The highest BCUT2D eigenvalue weighted by Crippen LogP contribution is 2.09. The summed E-state index contributed by atoms with van der Waals surface area (Å²) in [7, 11) is 0. The van der Waals surface area contributed by atoms with E-state index in [4.69, 9.17) is 21.6 Å². The minimum Gasteiger partial charge on any atom is -0.459 e. The first-order valence-corrected chi connectivity index (χ1v) is 4.81. The van der Waals surface area contributed by atoms with Crippen molar-refractivity contribution in [3.05, 3.63) is 0 Å². The molecule has 15 heavy (non-hydrogen) atoms. The third-order valence-corrected chi connectivity index (χ3v) is 1.61. The molecule has 0 unspecified atom stereocenters. The number of terminal acetylenes is 1.